The number of furan rings is 1. The van der Waals surface area contributed by atoms with Gasteiger partial charge in [0.25, 0.3) is 0 Å². The molecule has 1 N–H and O–H groups in total. The van der Waals surface area contributed by atoms with Crippen LogP contribution in [-0.4, -0.2) is 24.2 Å². The number of para-hydroxylation sites is 1. The summed E-state index contributed by atoms with van der Waals surface area (Å²) < 4.78 is 11.4. The minimum absolute atomic E-state index is 0.323. The van der Waals surface area contributed by atoms with Gasteiger partial charge in [0.15, 0.2) is 10.9 Å². The summed E-state index contributed by atoms with van der Waals surface area (Å²) in [6.45, 7) is 1.71. The first-order chi connectivity index (χ1) is 10.4. The molecule has 0 aliphatic carbocycles. The summed E-state index contributed by atoms with van der Waals surface area (Å²) >= 11 is 1.60. The molecule has 5 heteroatoms. The van der Waals surface area contributed by atoms with Crippen LogP contribution in [0.5, 0.6) is 0 Å². The first kappa shape index (κ1) is 12.9. The Balaban J connectivity index is 1.50. The van der Waals surface area contributed by atoms with Crippen molar-refractivity contribution in [3.63, 3.8) is 0 Å². The standard InChI is InChI=1S/C16H16N2O2S/c1-2-6-14-11(4-1)8-15(20-14)13-10-21-16(18-13)17-9-12-5-3-7-19-12/h1-2,4,6,8,10,12H,3,5,7,9H2,(H,17,18)/t12-/m0/s1. The molecule has 0 spiro atoms. The number of benzene rings is 1. The topological polar surface area (TPSA) is 47.3 Å². The van der Waals surface area contributed by atoms with Gasteiger partial charge >= 0.3 is 0 Å². The van der Waals surface area contributed by atoms with Gasteiger partial charge in [0.2, 0.25) is 0 Å². The number of thiazole rings is 1. The first-order valence-corrected chi connectivity index (χ1v) is 8.06. The molecule has 1 fully saturated rings. The molecule has 1 aromatic carbocycles. The molecule has 0 unspecified atom stereocenters. The molecule has 4 rings (SSSR count). The molecule has 3 aromatic rings. The third-order valence-corrected chi connectivity index (χ3v) is 4.49. The molecule has 1 saturated heterocycles. The second-order valence-electron chi connectivity index (χ2n) is 5.20. The summed E-state index contributed by atoms with van der Waals surface area (Å²) in [4.78, 5) is 4.59. The maximum absolute atomic E-state index is 5.84. The van der Waals surface area contributed by atoms with Gasteiger partial charge in [-0.15, -0.1) is 11.3 Å². The highest BCUT2D eigenvalue weighted by atomic mass is 32.1. The Hall–Kier alpha value is -1.85. The van der Waals surface area contributed by atoms with Crippen molar-refractivity contribution in [1.29, 1.82) is 0 Å². The molecule has 0 radical (unpaired) electrons. The van der Waals surface area contributed by atoms with E-state index in [9.17, 15) is 0 Å². The molecule has 2 aromatic heterocycles. The Morgan fingerprint density at radius 3 is 3.14 bits per heavy atom. The lowest BCUT2D eigenvalue weighted by molar-refractivity contribution is 0.120. The van der Waals surface area contributed by atoms with E-state index in [0.29, 0.717) is 6.10 Å². The van der Waals surface area contributed by atoms with Crippen LogP contribution in [0.2, 0.25) is 0 Å². The summed E-state index contributed by atoms with van der Waals surface area (Å²) in [5, 5.41) is 7.40. The Morgan fingerprint density at radius 2 is 2.29 bits per heavy atom. The Labute approximate surface area is 126 Å². The maximum Gasteiger partial charge on any atom is 0.183 e. The molecule has 1 aliphatic rings. The van der Waals surface area contributed by atoms with Crippen LogP contribution in [0.1, 0.15) is 12.8 Å². The van der Waals surface area contributed by atoms with Crippen molar-refractivity contribution < 1.29 is 9.15 Å². The fraction of sp³-hybridized carbons (Fsp3) is 0.312. The molecule has 0 amide bonds. The average molecular weight is 300 g/mol. The molecule has 1 aliphatic heterocycles. The van der Waals surface area contributed by atoms with Gasteiger partial charge in [-0.05, 0) is 25.0 Å². The van der Waals surface area contributed by atoms with Gasteiger partial charge in [-0.2, -0.15) is 0 Å². The predicted octanol–water partition coefficient (Wildman–Crippen LogP) is 4.15. The Kier molecular flexibility index (Phi) is 3.37. The average Bonchev–Trinajstić information content (AvgIpc) is 3.24. The third-order valence-electron chi connectivity index (χ3n) is 3.69. The lowest BCUT2D eigenvalue weighted by Crippen LogP contribution is -2.18. The molecule has 1 atom stereocenters. The van der Waals surface area contributed by atoms with Gasteiger partial charge in [0, 0.05) is 23.9 Å². The number of nitrogens with zero attached hydrogens (tertiary/aromatic N) is 1. The molecule has 21 heavy (non-hydrogen) atoms. The molecular weight excluding hydrogens is 284 g/mol. The minimum Gasteiger partial charge on any atom is -0.454 e. The number of rotatable bonds is 4. The van der Waals surface area contributed by atoms with E-state index < -0.39 is 0 Å². The van der Waals surface area contributed by atoms with Gasteiger partial charge in [0.1, 0.15) is 11.3 Å². The number of aromatic nitrogens is 1. The van der Waals surface area contributed by atoms with Crippen LogP contribution < -0.4 is 5.32 Å². The van der Waals surface area contributed by atoms with Crippen LogP contribution in [0.4, 0.5) is 5.13 Å². The van der Waals surface area contributed by atoms with Gasteiger partial charge in [0.05, 0.1) is 6.10 Å². The smallest absolute Gasteiger partial charge is 0.183 e. The van der Waals surface area contributed by atoms with E-state index in [4.69, 9.17) is 9.15 Å². The number of nitrogens with one attached hydrogen (secondary N) is 1. The Morgan fingerprint density at radius 1 is 1.33 bits per heavy atom. The Bertz CT molecular complexity index is 710. The molecule has 3 heterocycles. The van der Waals surface area contributed by atoms with E-state index in [0.717, 1.165) is 53.5 Å². The zero-order valence-electron chi connectivity index (χ0n) is 11.5. The molecule has 0 bridgehead atoms. The number of anilines is 1. The van der Waals surface area contributed by atoms with Crippen molar-refractivity contribution in [3.05, 3.63) is 35.7 Å². The van der Waals surface area contributed by atoms with Crippen molar-refractivity contribution in [2.75, 3.05) is 18.5 Å². The van der Waals surface area contributed by atoms with E-state index in [1.807, 2.05) is 35.7 Å². The number of fused-ring (bicyclic) bond motifs is 1. The van der Waals surface area contributed by atoms with Gasteiger partial charge in [-0.1, -0.05) is 18.2 Å². The van der Waals surface area contributed by atoms with Crippen molar-refractivity contribution in [2.45, 2.75) is 18.9 Å². The van der Waals surface area contributed by atoms with Crippen molar-refractivity contribution in [2.24, 2.45) is 0 Å². The van der Waals surface area contributed by atoms with Crippen LogP contribution in [0.3, 0.4) is 0 Å². The summed E-state index contributed by atoms with van der Waals surface area (Å²) in [5.74, 6) is 0.817. The van der Waals surface area contributed by atoms with E-state index in [1.54, 1.807) is 11.3 Å². The van der Waals surface area contributed by atoms with Crippen molar-refractivity contribution in [1.82, 2.24) is 4.98 Å². The monoisotopic (exact) mass is 300 g/mol. The number of hydrogen-bond acceptors (Lipinski definition) is 5. The molecule has 4 nitrogen and oxygen atoms in total. The van der Waals surface area contributed by atoms with E-state index in [1.165, 1.54) is 0 Å². The van der Waals surface area contributed by atoms with Gasteiger partial charge < -0.3 is 14.5 Å². The normalized spacial score (nSPS) is 18.4. The lowest BCUT2D eigenvalue weighted by atomic mass is 10.2. The number of ether oxygens (including phenoxy) is 1. The lowest BCUT2D eigenvalue weighted by Gasteiger charge is -2.08. The van der Waals surface area contributed by atoms with Crippen LogP contribution in [-0.2, 0) is 4.74 Å². The van der Waals surface area contributed by atoms with Crippen LogP contribution in [0, 0.1) is 0 Å². The third kappa shape index (κ3) is 2.66. The highest BCUT2D eigenvalue weighted by molar-refractivity contribution is 7.14. The van der Waals surface area contributed by atoms with Crippen LogP contribution >= 0.6 is 11.3 Å². The summed E-state index contributed by atoms with van der Waals surface area (Å²) in [7, 11) is 0. The van der Waals surface area contributed by atoms with E-state index >= 15 is 0 Å². The second-order valence-corrected chi connectivity index (χ2v) is 6.06. The van der Waals surface area contributed by atoms with Gasteiger partial charge in [-0.3, -0.25) is 0 Å². The fourth-order valence-electron chi connectivity index (χ4n) is 2.58. The van der Waals surface area contributed by atoms with Crippen LogP contribution in [0.15, 0.2) is 40.1 Å². The first-order valence-electron chi connectivity index (χ1n) is 7.18. The zero-order valence-corrected chi connectivity index (χ0v) is 12.4. The predicted molar refractivity (Wildman–Crippen MR) is 84.8 cm³/mol. The molecule has 108 valence electrons. The summed E-state index contributed by atoms with van der Waals surface area (Å²) in [6.07, 6.45) is 2.62. The molecular formula is C16H16N2O2S. The molecule has 0 saturated carbocycles. The SMILES string of the molecule is c1ccc2oc(-c3csc(NC[C@@H]4CCCO4)n3)cc2c1. The largest absolute Gasteiger partial charge is 0.454 e. The maximum atomic E-state index is 5.84. The van der Waals surface area contributed by atoms with Crippen molar-refractivity contribution in [3.8, 4) is 11.5 Å². The summed E-state index contributed by atoms with van der Waals surface area (Å²) in [6, 6.07) is 10.0. The minimum atomic E-state index is 0.323. The summed E-state index contributed by atoms with van der Waals surface area (Å²) in [5.41, 5.74) is 1.78. The van der Waals surface area contributed by atoms with E-state index in [2.05, 4.69) is 10.3 Å². The van der Waals surface area contributed by atoms with Crippen molar-refractivity contribution >= 4 is 27.4 Å². The zero-order chi connectivity index (χ0) is 14.1. The number of hydrogen-bond donors (Lipinski definition) is 1. The highest BCUT2D eigenvalue weighted by Gasteiger charge is 2.16. The van der Waals surface area contributed by atoms with E-state index in [-0.39, 0.29) is 0 Å². The quantitative estimate of drug-likeness (QED) is 0.786. The second kappa shape index (κ2) is 5.50. The highest BCUT2D eigenvalue weighted by Crippen LogP contribution is 2.30. The van der Waals surface area contributed by atoms with Gasteiger partial charge in [-0.25, -0.2) is 4.98 Å². The fourth-order valence-corrected chi connectivity index (χ4v) is 3.29. The van der Waals surface area contributed by atoms with Crippen LogP contribution in [0.25, 0.3) is 22.4 Å².